The number of carboxylic acid groups (broad SMARTS) is 1. The Bertz CT molecular complexity index is 990. The van der Waals surface area contributed by atoms with Crippen LogP contribution in [0.1, 0.15) is 28.9 Å². The molecule has 0 bridgehead atoms. The molecular formula is C22H23N3O2. The van der Waals surface area contributed by atoms with Crippen LogP contribution >= 0.6 is 0 Å². The van der Waals surface area contributed by atoms with Gasteiger partial charge in [-0.1, -0.05) is 36.4 Å². The number of pyridine rings is 1. The predicted molar refractivity (Wildman–Crippen MR) is 108 cm³/mol. The molecule has 5 nitrogen and oxygen atoms in total. The first kappa shape index (κ1) is 17.5. The van der Waals surface area contributed by atoms with Gasteiger partial charge in [-0.3, -0.25) is 0 Å². The Balaban J connectivity index is 1.84. The third-order valence-electron chi connectivity index (χ3n) is 5.33. The van der Waals surface area contributed by atoms with Crippen molar-refractivity contribution in [2.24, 2.45) is 5.73 Å². The summed E-state index contributed by atoms with van der Waals surface area (Å²) >= 11 is 0. The van der Waals surface area contributed by atoms with Crippen molar-refractivity contribution in [3.05, 3.63) is 59.8 Å². The van der Waals surface area contributed by atoms with Crippen molar-refractivity contribution in [3.8, 4) is 11.1 Å². The number of nitrogens with zero attached hydrogens (tertiary/aromatic N) is 2. The van der Waals surface area contributed by atoms with Crippen molar-refractivity contribution < 1.29 is 9.90 Å². The summed E-state index contributed by atoms with van der Waals surface area (Å²) in [7, 11) is 0. The molecule has 0 amide bonds. The van der Waals surface area contributed by atoms with Gasteiger partial charge in [-0.2, -0.15) is 0 Å². The van der Waals surface area contributed by atoms with Gasteiger partial charge in [-0.15, -0.1) is 0 Å². The third-order valence-corrected chi connectivity index (χ3v) is 5.33. The Morgan fingerprint density at radius 3 is 2.33 bits per heavy atom. The fourth-order valence-electron chi connectivity index (χ4n) is 3.86. The second-order valence-corrected chi connectivity index (χ2v) is 7.15. The molecule has 1 aromatic heterocycles. The van der Waals surface area contributed by atoms with Crippen LogP contribution in [0.15, 0.2) is 48.5 Å². The lowest BCUT2D eigenvalue weighted by molar-refractivity contribution is 0.0697. The SMILES string of the molecule is Cc1nc(N2CCC(N)CC2)c2ccccc2c1-c1ccc(C(=O)O)cc1. The lowest BCUT2D eigenvalue weighted by Crippen LogP contribution is -2.40. The summed E-state index contributed by atoms with van der Waals surface area (Å²) in [6, 6.07) is 15.6. The van der Waals surface area contributed by atoms with E-state index in [2.05, 4.69) is 17.0 Å². The van der Waals surface area contributed by atoms with Crippen molar-refractivity contribution in [2.45, 2.75) is 25.8 Å². The van der Waals surface area contributed by atoms with Crippen LogP contribution in [0.3, 0.4) is 0 Å². The van der Waals surface area contributed by atoms with E-state index in [1.807, 2.05) is 31.2 Å². The maximum Gasteiger partial charge on any atom is 0.335 e. The number of anilines is 1. The Morgan fingerprint density at radius 1 is 1.07 bits per heavy atom. The first-order chi connectivity index (χ1) is 13.0. The number of benzene rings is 2. The van der Waals surface area contributed by atoms with Crippen LogP contribution in [0, 0.1) is 6.92 Å². The molecule has 138 valence electrons. The monoisotopic (exact) mass is 361 g/mol. The molecule has 27 heavy (non-hydrogen) atoms. The molecule has 1 fully saturated rings. The fraction of sp³-hybridized carbons (Fsp3) is 0.273. The average Bonchev–Trinajstić information content (AvgIpc) is 2.68. The van der Waals surface area contributed by atoms with Gasteiger partial charge < -0.3 is 15.7 Å². The fourth-order valence-corrected chi connectivity index (χ4v) is 3.86. The molecule has 1 saturated heterocycles. The lowest BCUT2D eigenvalue weighted by Gasteiger charge is -2.32. The van der Waals surface area contributed by atoms with Crippen LogP contribution in [-0.4, -0.2) is 35.2 Å². The van der Waals surface area contributed by atoms with Crippen molar-refractivity contribution in [2.75, 3.05) is 18.0 Å². The zero-order chi connectivity index (χ0) is 19.0. The van der Waals surface area contributed by atoms with E-state index in [1.54, 1.807) is 12.1 Å². The van der Waals surface area contributed by atoms with Gasteiger partial charge in [0, 0.05) is 35.8 Å². The number of carbonyl (C=O) groups is 1. The van der Waals surface area contributed by atoms with E-state index in [0.717, 1.165) is 59.3 Å². The standard InChI is InChI=1S/C22H23N3O2/c1-14-20(15-6-8-16(9-7-15)22(26)27)18-4-2-3-5-19(18)21(24-14)25-12-10-17(23)11-13-25/h2-9,17H,10-13,23H2,1H3,(H,26,27). The Morgan fingerprint density at radius 2 is 1.70 bits per heavy atom. The molecule has 0 unspecified atom stereocenters. The van der Waals surface area contributed by atoms with Crippen LogP contribution < -0.4 is 10.6 Å². The van der Waals surface area contributed by atoms with E-state index in [-0.39, 0.29) is 11.6 Å². The van der Waals surface area contributed by atoms with Gasteiger partial charge in [-0.25, -0.2) is 9.78 Å². The summed E-state index contributed by atoms with van der Waals surface area (Å²) in [5.74, 6) is 0.0980. The van der Waals surface area contributed by atoms with E-state index in [4.69, 9.17) is 15.8 Å². The number of aryl methyl sites for hydroxylation is 1. The van der Waals surface area contributed by atoms with E-state index in [9.17, 15) is 4.79 Å². The maximum absolute atomic E-state index is 11.1. The minimum Gasteiger partial charge on any atom is -0.478 e. The molecule has 0 radical (unpaired) electrons. The largest absolute Gasteiger partial charge is 0.478 e. The van der Waals surface area contributed by atoms with E-state index >= 15 is 0 Å². The van der Waals surface area contributed by atoms with Gasteiger partial charge in [0.25, 0.3) is 0 Å². The second kappa shape index (κ2) is 7.00. The average molecular weight is 361 g/mol. The highest BCUT2D eigenvalue weighted by Crippen LogP contribution is 2.36. The topological polar surface area (TPSA) is 79.5 Å². The summed E-state index contributed by atoms with van der Waals surface area (Å²) in [5, 5.41) is 11.4. The Hall–Kier alpha value is -2.92. The molecule has 5 heteroatoms. The Labute approximate surface area is 158 Å². The molecule has 2 aromatic carbocycles. The molecular weight excluding hydrogens is 338 g/mol. The zero-order valence-electron chi connectivity index (χ0n) is 15.4. The maximum atomic E-state index is 11.1. The van der Waals surface area contributed by atoms with Crippen LogP contribution in [0.2, 0.25) is 0 Å². The molecule has 4 rings (SSSR count). The molecule has 2 heterocycles. The molecule has 0 aliphatic carbocycles. The van der Waals surface area contributed by atoms with Gasteiger partial charge in [0.15, 0.2) is 0 Å². The minimum atomic E-state index is -0.917. The number of fused-ring (bicyclic) bond motifs is 1. The van der Waals surface area contributed by atoms with Crippen molar-refractivity contribution in [3.63, 3.8) is 0 Å². The number of hydrogen-bond donors (Lipinski definition) is 2. The first-order valence-corrected chi connectivity index (χ1v) is 9.28. The van der Waals surface area contributed by atoms with E-state index in [0.29, 0.717) is 0 Å². The second-order valence-electron chi connectivity index (χ2n) is 7.15. The van der Waals surface area contributed by atoms with Crippen LogP contribution in [0.4, 0.5) is 5.82 Å². The highest BCUT2D eigenvalue weighted by atomic mass is 16.4. The van der Waals surface area contributed by atoms with E-state index in [1.165, 1.54) is 0 Å². The first-order valence-electron chi connectivity index (χ1n) is 9.28. The molecule has 0 saturated carbocycles. The molecule has 0 spiro atoms. The number of nitrogens with two attached hydrogens (primary N) is 1. The van der Waals surface area contributed by atoms with E-state index < -0.39 is 5.97 Å². The van der Waals surface area contributed by atoms with Gasteiger partial charge in [0.2, 0.25) is 0 Å². The van der Waals surface area contributed by atoms with Gasteiger partial charge >= 0.3 is 5.97 Å². The molecule has 3 N–H and O–H groups in total. The number of piperidine rings is 1. The smallest absolute Gasteiger partial charge is 0.335 e. The van der Waals surface area contributed by atoms with Crippen LogP contribution in [0.5, 0.6) is 0 Å². The van der Waals surface area contributed by atoms with Crippen molar-refractivity contribution >= 4 is 22.6 Å². The number of rotatable bonds is 3. The zero-order valence-corrected chi connectivity index (χ0v) is 15.4. The summed E-state index contributed by atoms with van der Waals surface area (Å²) in [4.78, 5) is 18.4. The summed E-state index contributed by atoms with van der Waals surface area (Å²) in [5.41, 5.74) is 9.33. The number of hydrogen-bond acceptors (Lipinski definition) is 4. The highest BCUT2D eigenvalue weighted by Gasteiger charge is 2.21. The minimum absolute atomic E-state index is 0.278. The summed E-state index contributed by atoms with van der Waals surface area (Å²) < 4.78 is 0. The van der Waals surface area contributed by atoms with Crippen molar-refractivity contribution in [1.29, 1.82) is 0 Å². The summed E-state index contributed by atoms with van der Waals surface area (Å²) in [6.45, 7) is 3.86. The van der Waals surface area contributed by atoms with Crippen LogP contribution in [-0.2, 0) is 0 Å². The molecule has 1 aliphatic rings. The quantitative estimate of drug-likeness (QED) is 0.741. The molecule has 0 atom stereocenters. The van der Waals surface area contributed by atoms with Crippen molar-refractivity contribution in [1.82, 2.24) is 4.98 Å². The Kier molecular flexibility index (Phi) is 4.54. The van der Waals surface area contributed by atoms with Gasteiger partial charge in [-0.05, 0) is 42.8 Å². The predicted octanol–water partition coefficient (Wildman–Crippen LogP) is 3.84. The molecule has 3 aromatic rings. The normalized spacial score (nSPS) is 15.3. The van der Waals surface area contributed by atoms with Gasteiger partial charge in [0.05, 0.1) is 5.56 Å². The van der Waals surface area contributed by atoms with Gasteiger partial charge in [0.1, 0.15) is 5.82 Å². The lowest BCUT2D eigenvalue weighted by atomic mass is 9.96. The number of aromatic nitrogens is 1. The third kappa shape index (κ3) is 3.26. The molecule has 1 aliphatic heterocycles. The number of aromatic carboxylic acids is 1. The number of carboxylic acids is 1. The highest BCUT2D eigenvalue weighted by molar-refractivity contribution is 6.03. The summed E-state index contributed by atoms with van der Waals surface area (Å²) in [6.07, 6.45) is 1.96. The van der Waals surface area contributed by atoms with Crippen LogP contribution in [0.25, 0.3) is 21.9 Å².